The third kappa shape index (κ3) is 3.82. The standard InChI is InChI=1S/C19H19F3N4O4/c1-10-17-12(19(20,21)22)8-16(28)26(18(17)25(2)24-10)9-15(27)23-11-5-6-13(29-3)14(7-11)30-4/h5-8H,9H2,1-4H3,(H,23,27). The maximum atomic E-state index is 13.4. The highest BCUT2D eigenvalue weighted by Crippen LogP contribution is 2.35. The van der Waals surface area contributed by atoms with Gasteiger partial charge in [-0.3, -0.25) is 18.8 Å². The molecule has 0 spiro atoms. The van der Waals surface area contributed by atoms with Crippen LogP contribution in [0.4, 0.5) is 18.9 Å². The molecule has 1 N–H and O–H groups in total. The number of hydrogen-bond acceptors (Lipinski definition) is 5. The summed E-state index contributed by atoms with van der Waals surface area (Å²) >= 11 is 0. The Hall–Kier alpha value is -3.50. The Bertz CT molecular complexity index is 1180. The molecule has 11 heteroatoms. The van der Waals surface area contributed by atoms with E-state index in [1.807, 2.05) is 0 Å². The van der Waals surface area contributed by atoms with E-state index in [2.05, 4.69) is 10.4 Å². The Morgan fingerprint density at radius 1 is 1.17 bits per heavy atom. The van der Waals surface area contributed by atoms with Crippen molar-refractivity contribution < 1.29 is 27.4 Å². The minimum Gasteiger partial charge on any atom is -0.493 e. The van der Waals surface area contributed by atoms with Crippen molar-refractivity contribution >= 4 is 22.6 Å². The third-order valence-corrected chi connectivity index (χ3v) is 4.53. The lowest BCUT2D eigenvalue weighted by molar-refractivity contribution is -0.136. The zero-order valence-electron chi connectivity index (χ0n) is 16.6. The summed E-state index contributed by atoms with van der Waals surface area (Å²) in [6.45, 7) is 0.914. The summed E-state index contributed by atoms with van der Waals surface area (Å²) in [7, 11) is 4.32. The number of nitrogens with zero attached hydrogens (tertiary/aromatic N) is 3. The van der Waals surface area contributed by atoms with Crippen molar-refractivity contribution in [2.45, 2.75) is 19.6 Å². The molecular weight excluding hydrogens is 405 g/mol. The average Bonchev–Trinajstić information content (AvgIpc) is 2.96. The van der Waals surface area contributed by atoms with Crippen molar-refractivity contribution in [2.75, 3.05) is 19.5 Å². The molecule has 0 aliphatic rings. The van der Waals surface area contributed by atoms with Crippen molar-refractivity contribution in [3.63, 3.8) is 0 Å². The molecule has 1 amide bonds. The van der Waals surface area contributed by atoms with Crippen molar-refractivity contribution in [1.29, 1.82) is 0 Å². The fraction of sp³-hybridized carbons (Fsp3) is 0.316. The molecule has 0 atom stereocenters. The maximum absolute atomic E-state index is 13.4. The second-order valence-electron chi connectivity index (χ2n) is 6.51. The van der Waals surface area contributed by atoms with Gasteiger partial charge in [0.2, 0.25) is 5.91 Å². The van der Waals surface area contributed by atoms with Gasteiger partial charge in [0.15, 0.2) is 11.5 Å². The first-order valence-corrected chi connectivity index (χ1v) is 8.73. The van der Waals surface area contributed by atoms with Crippen LogP contribution in [-0.4, -0.2) is 34.5 Å². The predicted octanol–water partition coefficient (Wildman–Crippen LogP) is 2.72. The number of carbonyl (C=O) groups excluding carboxylic acids is 1. The van der Waals surface area contributed by atoms with Crippen LogP contribution in [0.25, 0.3) is 11.0 Å². The van der Waals surface area contributed by atoms with Crippen LogP contribution in [0.3, 0.4) is 0 Å². The molecule has 0 aliphatic heterocycles. The van der Waals surface area contributed by atoms with Crippen molar-refractivity contribution in [3.05, 3.63) is 45.9 Å². The summed E-state index contributed by atoms with van der Waals surface area (Å²) in [5, 5.41) is 6.37. The summed E-state index contributed by atoms with van der Waals surface area (Å²) in [6.07, 6.45) is -4.73. The van der Waals surface area contributed by atoms with Crippen LogP contribution in [0.2, 0.25) is 0 Å². The number of ether oxygens (including phenoxy) is 2. The monoisotopic (exact) mass is 424 g/mol. The summed E-state index contributed by atoms with van der Waals surface area (Å²) in [4.78, 5) is 25.0. The number of rotatable bonds is 5. The lowest BCUT2D eigenvalue weighted by atomic mass is 10.1. The largest absolute Gasteiger partial charge is 0.493 e. The van der Waals surface area contributed by atoms with Gasteiger partial charge >= 0.3 is 6.18 Å². The Kier molecular flexibility index (Phi) is 5.47. The van der Waals surface area contributed by atoms with Gasteiger partial charge in [-0.25, -0.2) is 0 Å². The molecule has 3 rings (SSSR count). The molecule has 0 aliphatic carbocycles. The van der Waals surface area contributed by atoms with Gasteiger partial charge in [-0.1, -0.05) is 0 Å². The van der Waals surface area contributed by atoms with Gasteiger partial charge in [0.25, 0.3) is 5.56 Å². The van der Waals surface area contributed by atoms with Gasteiger partial charge in [-0.2, -0.15) is 18.3 Å². The highest BCUT2D eigenvalue weighted by Gasteiger charge is 2.36. The molecule has 2 heterocycles. The van der Waals surface area contributed by atoms with E-state index in [0.717, 1.165) is 9.25 Å². The van der Waals surface area contributed by atoms with E-state index in [9.17, 15) is 22.8 Å². The van der Waals surface area contributed by atoms with E-state index < -0.39 is 29.8 Å². The first-order valence-electron chi connectivity index (χ1n) is 8.73. The normalized spacial score (nSPS) is 11.6. The van der Waals surface area contributed by atoms with Gasteiger partial charge in [-0.15, -0.1) is 0 Å². The highest BCUT2D eigenvalue weighted by molar-refractivity contribution is 5.92. The molecule has 2 aromatic heterocycles. The number of methoxy groups -OCH3 is 2. The topological polar surface area (TPSA) is 87.4 Å². The van der Waals surface area contributed by atoms with Gasteiger partial charge in [0.05, 0.1) is 30.9 Å². The van der Waals surface area contributed by atoms with Crippen LogP contribution < -0.4 is 20.3 Å². The SMILES string of the molecule is COc1ccc(NC(=O)Cn2c(=O)cc(C(F)(F)F)c3c(C)nn(C)c32)cc1OC. The number of hydrogen-bond donors (Lipinski definition) is 1. The number of anilines is 1. The van der Waals surface area contributed by atoms with E-state index in [0.29, 0.717) is 23.3 Å². The summed E-state index contributed by atoms with van der Waals surface area (Å²) in [5.41, 5.74) is -1.65. The number of pyridine rings is 1. The van der Waals surface area contributed by atoms with Crippen LogP contribution in [0.15, 0.2) is 29.1 Å². The fourth-order valence-electron chi connectivity index (χ4n) is 3.28. The molecule has 0 bridgehead atoms. The zero-order chi connectivity index (χ0) is 22.2. The van der Waals surface area contributed by atoms with Gasteiger partial charge in [0.1, 0.15) is 12.2 Å². The predicted molar refractivity (Wildman–Crippen MR) is 103 cm³/mol. The third-order valence-electron chi connectivity index (χ3n) is 4.53. The van der Waals surface area contributed by atoms with E-state index in [-0.39, 0.29) is 16.7 Å². The molecule has 3 aromatic rings. The van der Waals surface area contributed by atoms with E-state index in [1.54, 1.807) is 12.1 Å². The quantitative estimate of drug-likeness (QED) is 0.681. The smallest absolute Gasteiger partial charge is 0.417 e. The molecule has 0 saturated heterocycles. The second-order valence-corrected chi connectivity index (χ2v) is 6.51. The summed E-state index contributed by atoms with van der Waals surface area (Å²) in [6, 6.07) is 5.16. The number of nitrogens with one attached hydrogen (secondary N) is 1. The van der Waals surface area contributed by atoms with Crippen LogP contribution in [0.1, 0.15) is 11.3 Å². The zero-order valence-corrected chi connectivity index (χ0v) is 16.6. The Labute approximate surface area is 168 Å². The Balaban J connectivity index is 1.99. The van der Waals surface area contributed by atoms with Crippen LogP contribution in [0, 0.1) is 6.92 Å². The number of benzene rings is 1. The minimum absolute atomic E-state index is 0.0882. The minimum atomic E-state index is -4.73. The van der Waals surface area contributed by atoms with E-state index >= 15 is 0 Å². The first-order chi connectivity index (χ1) is 14.1. The van der Waals surface area contributed by atoms with Crippen molar-refractivity contribution in [1.82, 2.24) is 14.3 Å². The number of amides is 1. The summed E-state index contributed by atoms with van der Waals surface area (Å²) < 4.78 is 52.7. The van der Waals surface area contributed by atoms with Crippen LogP contribution in [0.5, 0.6) is 11.5 Å². The molecule has 8 nitrogen and oxygen atoms in total. The average molecular weight is 424 g/mol. The van der Waals surface area contributed by atoms with Gasteiger partial charge in [-0.05, 0) is 19.1 Å². The van der Waals surface area contributed by atoms with E-state index in [1.165, 1.54) is 34.3 Å². The number of aryl methyl sites for hydroxylation is 2. The van der Waals surface area contributed by atoms with Crippen LogP contribution in [-0.2, 0) is 24.6 Å². The number of halogens is 3. The van der Waals surface area contributed by atoms with Crippen molar-refractivity contribution in [3.8, 4) is 11.5 Å². The molecule has 1 aromatic carbocycles. The fourth-order valence-corrected chi connectivity index (χ4v) is 3.28. The lowest BCUT2D eigenvalue weighted by Crippen LogP contribution is -2.30. The molecular formula is C19H19F3N4O4. The number of fused-ring (bicyclic) bond motifs is 1. The molecule has 0 saturated carbocycles. The van der Waals surface area contributed by atoms with Crippen LogP contribution >= 0.6 is 0 Å². The Morgan fingerprint density at radius 3 is 2.43 bits per heavy atom. The second kappa shape index (κ2) is 7.73. The Morgan fingerprint density at radius 2 is 1.83 bits per heavy atom. The van der Waals surface area contributed by atoms with Gasteiger partial charge in [0, 0.05) is 24.9 Å². The maximum Gasteiger partial charge on any atom is 0.417 e. The number of aromatic nitrogens is 3. The first kappa shape index (κ1) is 21.2. The number of carbonyl (C=O) groups is 1. The molecule has 0 fully saturated rings. The van der Waals surface area contributed by atoms with Crippen molar-refractivity contribution in [2.24, 2.45) is 7.05 Å². The molecule has 0 unspecified atom stereocenters. The molecule has 30 heavy (non-hydrogen) atoms. The van der Waals surface area contributed by atoms with Gasteiger partial charge < -0.3 is 14.8 Å². The number of alkyl halides is 3. The highest BCUT2D eigenvalue weighted by atomic mass is 19.4. The molecule has 0 radical (unpaired) electrons. The molecule has 160 valence electrons. The van der Waals surface area contributed by atoms with E-state index in [4.69, 9.17) is 9.47 Å². The summed E-state index contributed by atoms with van der Waals surface area (Å²) in [5.74, 6) is 0.234. The lowest BCUT2D eigenvalue weighted by Gasteiger charge is -2.14.